The molecule has 0 saturated heterocycles. The van der Waals surface area contributed by atoms with Gasteiger partial charge >= 0.3 is 0 Å². The molecule has 0 atom stereocenters. The van der Waals surface area contributed by atoms with E-state index in [2.05, 4.69) is 6.07 Å². The first kappa shape index (κ1) is 13.2. The normalized spacial score (nSPS) is 14.3. The molecule has 0 spiro atoms. The number of nitrogens with two attached hydrogens (primary N) is 1. The summed E-state index contributed by atoms with van der Waals surface area (Å²) in [4.78, 5) is 13.9. The second-order valence-electron chi connectivity index (χ2n) is 4.67. The van der Waals surface area contributed by atoms with E-state index < -0.39 is 0 Å². The summed E-state index contributed by atoms with van der Waals surface area (Å²) in [6, 6.07) is 9.76. The molecule has 0 bridgehead atoms. The van der Waals surface area contributed by atoms with Gasteiger partial charge in [-0.2, -0.15) is 5.26 Å². The number of amides is 1. The van der Waals surface area contributed by atoms with E-state index in [1.807, 2.05) is 12.1 Å². The minimum atomic E-state index is -0.0189. The zero-order chi connectivity index (χ0) is 13.7. The summed E-state index contributed by atoms with van der Waals surface area (Å²) in [6.45, 7) is 0.520. The molecule has 1 amide bonds. The molecule has 0 radical (unpaired) electrons. The Hall–Kier alpha value is -2.28. The number of benzene rings is 1. The Bertz CT molecular complexity index is 509. The van der Waals surface area contributed by atoms with E-state index in [0.29, 0.717) is 24.7 Å². The highest BCUT2D eigenvalue weighted by atomic mass is 16.2. The monoisotopic (exact) mass is 255 g/mol. The number of carbonyl (C=O) groups is 1. The number of nitrogen functional groups attached to an aromatic ring is 1. The summed E-state index contributed by atoms with van der Waals surface area (Å²) in [7, 11) is 0. The Morgan fingerprint density at radius 2 is 2.11 bits per heavy atom. The van der Waals surface area contributed by atoms with Crippen molar-refractivity contribution in [2.45, 2.75) is 25.3 Å². The van der Waals surface area contributed by atoms with E-state index in [-0.39, 0.29) is 5.91 Å². The van der Waals surface area contributed by atoms with Gasteiger partial charge in [0.15, 0.2) is 0 Å². The van der Waals surface area contributed by atoms with Crippen LogP contribution in [0, 0.1) is 11.3 Å². The molecule has 1 aromatic rings. The molecule has 4 nitrogen and oxygen atoms in total. The molecule has 0 unspecified atom stereocenters. The predicted octanol–water partition coefficient (Wildman–Crippen LogP) is 2.19. The van der Waals surface area contributed by atoms with Crippen LogP contribution in [0.2, 0.25) is 0 Å². The van der Waals surface area contributed by atoms with Gasteiger partial charge in [0.05, 0.1) is 12.5 Å². The maximum absolute atomic E-state index is 12.1. The van der Waals surface area contributed by atoms with E-state index >= 15 is 0 Å². The van der Waals surface area contributed by atoms with Crippen LogP contribution in [0.4, 0.5) is 5.69 Å². The molecule has 0 heterocycles. The number of anilines is 1. The van der Waals surface area contributed by atoms with Crippen LogP contribution in [-0.4, -0.2) is 23.4 Å². The fraction of sp³-hybridized carbons (Fsp3) is 0.333. The lowest BCUT2D eigenvalue weighted by atomic mass is 10.2. The first-order valence-electron chi connectivity index (χ1n) is 6.42. The van der Waals surface area contributed by atoms with Crippen LogP contribution in [0.1, 0.15) is 24.8 Å². The van der Waals surface area contributed by atoms with Gasteiger partial charge in [0.25, 0.3) is 0 Å². The van der Waals surface area contributed by atoms with Crippen LogP contribution < -0.4 is 5.73 Å². The van der Waals surface area contributed by atoms with Crippen LogP contribution in [0.25, 0.3) is 6.08 Å². The lowest BCUT2D eigenvalue weighted by Gasteiger charge is -2.19. The third-order valence-electron chi connectivity index (χ3n) is 3.09. The molecule has 0 aromatic heterocycles. The third-order valence-corrected chi connectivity index (χ3v) is 3.09. The van der Waals surface area contributed by atoms with Gasteiger partial charge in [-0.05, 0) is 36.6 Å². The topological polar surface area (TPSA) is 70.1 Å². The van der Waals surface area contributed by atoms with Crippen LogP contribution in [0.15, 0.2) is 30.3 Å². The molecule has 2 rings (SSSR count). The van der Waals surface area contributed by atoms with E-state index in [1.165, 1.54) is 0 Å². The van der Waals surface area contributed by atoms with E-state index in [4.69, 9.17) is 11.0 Å². The minimum absolute atomic E-state index is 0.0189. The fourth-order valence-electron chi connectivity index (χ4n) is 1.90. The number of carbonyl (C=O) groups excluding carboxylic acids is 1. The molecule has 1 saturated carbocycles. The zero-order valence-electron chi connectivity index (χ0n) is 10.7. The molecule has 1 aromatic carbocycles. The molecule has 98 valence electrons. The Balaban J connectivity index is 1.98. The van der Waals surface area contributed by atoms with E-state index in [1.54, 1.807) is 29.2 Å². The van der Waals surface area contributed by atoms with Crippen molar-refractivity contribution < 1.29 is 4.79 Å². The molecule has 19 heavy (non-hydrogen) atoms. The lowest BCUT2D eigenvalue weighted by Crippen LogP contribution is -2.32. The largest absolute Gasteiger partial charge is 0.399 e. The van der Waals surface area contributed by atoms with Crippen molar-refractivity contribution in [3.63, 3.8) is 0 Å². The maximum Gasteiger partial charge on any atom is 0.246 e. The highest BCUT2D eigenvalue weighted by Crippen LogP contribution is 2.27. The number of nitriles is 1. The summed E-state index contributed by atoms with van der Waals surface area (Å²) in [5.74, 6) is -0.0189. The smallest absolute Gasteiger partial charge is 0.246 e. The van der Waals surface area contributed by atoms with Gasteiger partial charge in [-0.1, -0.05) is 12.1 Å². The number of nitrogens with zero attached hydrogens (tertiary/aromatic N) is 2. The predicted molar refractivity (Wildman–Crippen MR) is 74.9 cm³/mol. The van der Waals surface area contributed by atoms with Crippen LogP contribution in [-0.2, 0) is 4.79 Å². The highest BCUT2D eigenvalue weighted by molar-refractivity contribution is 5.92. The molecule has 0 aliphatic heterocycles. The Morgan fingerprint density at radius 3 is 2.68 bits per heavy atom. The van der Waals surface area contributed by atoms with Crippen molar-refractivity contribution in [1.82, 2.24) is 4.90 Å². The van der Waals surface area contributed by atoms with Gasteiger partial charge in [-0.3, -0.25) is 4.79 Å². The molecule has 1 fully saturated rings. The standard InChI is InChI=1S/C15H17N3O/c16-10-1-11-18(14-7-8-14)15(19)9-4-12-2-5-13(17)6-3-12/h2-6,9,14H,1,7-8,11,17H2/b9-4+. The number of hydrogen-bond acceptors (Lipinski definition) is 3. The van der Waals surface area contributed by atoms with Crippen molar-refractivity contribution >= 4 is 17.7 Å². The van der Waals surface area contributed by atoms with Gasteiger partial charge in [-0.25, -0.2) is 0 Å². The molecular weight excluding hydrogens is 238 g/mol. The SMILES string of the molecule is N#CCCN(C(=O)/C=C/c1ccc(N)cc1)C1CC1. The Morgan fingerprint density at radius 1 is 1.42 bits per heavy atom. The van der Waals surface area contributed by atoms with Gasteiger partial charge < -0.3 is 10.6 Å². The molecule has 2 N–H and O–H groups in total. The zero-order valence-corrected chi connectivity index (χ0v) is 10.7. The minimum Gasteiger partial charge on any atom is -0.399 e. The van der Waals surface area contributed by atoms with Crippen molar-refractivity contribution in [3.05, 3.63) is 35.9 Å². The second kappa shape index (κ2) is 6.05. The van der Waals surface area contributed by atoms with Crippen molar-refractivity contribution in [2.75, 3.05) is 12.3 Å². The van der Waals surface area contributed by atoms with Crippen molar-refractivity contribution in [3.8, 4) is 6.07 Å². The lowest BCUT2D eigenvalue weighted by molar-refractivity contribution is -0.126. The summed E-state index contributed by atoms with van der Waals surface area (Å²) >= 11 is 0. The van der Waals surface area contributed by atoms with Gasteiger partial charge in [-0.15, -0.1) is 0 Å². The Kier molecular flexibility index (Phi) is 4.19. The van der Waals surface area contributed by atoms with Gasteiger partial charge in [0.2, 0.25) is 5.91 Å². The van der Waals surface area contributed by atoms with Crippen molar-refractivity contribution in [1.29, 1.82) is 5.26 Å². The second-order valence-corrected chi connectivity index (χ2v) is 4.67. The molecule has 1 aliphatic rings. The van der Waals surface area contributed by atoms with Crippen LogP contribution in [0.3, 0.4) is 0 Å². The van der Waals surface area contributed by atoms with Gasteiger partial charge in [0.1, 0.15) is 0 Å². The fourth-order valence-corrected chi connectivity index (χ4v) is 1.90. The molecule has 1 aliphatic carbocycles. The average Bonchev–Trinajstić information content (AvgIpc) is 3.23. The summed E-state index contributed by atoms with van der Waals surface area (Å²) < 4.78 is 0. The Labute approximate surface area is 113 Å². The first-order valence-corrected chi connectivity index (χ1v) is 6.42. The average molecular weight is 255 g/mol. The maximum atomic E-state index is 12.1. The quantitative estimate of drug-likeness (QED) is 0.647. The summed E-state index contributed by atoms with van der Waals surface area (Å²) in [5, 5.41) is 8.62. The highest BCUT2D eigenvalue weighted by Gasteiger charge is 2.30. The van der Waals surface area contributed by atoms with E-state index in [0.717, 1.165) is 18.4 Å². The summed E-state index contributed by atoms with van der Waals surface area (Å²) in [5.41, 5.74) is 7.25. The van der Waals surface area contributed by atoms with Crippen LogP contribution >= 0.6 is 0 Å². The first-order chi connectivity index (χ1) is 9.20. The van der Waals surface area contributed by atoms with E-state index in [9.17, 15) is 4.79 Å². The number of rotatable bonds is 5. The molecule has 4 heteroatoms. The van der Waals surface area contributed by atoms with Gasteiger partial charge in [0, 0.05) is 24.4 Å². The number of hydrogen-bond donors (Lipinski definition) is 1. The van der Waals surface area contributed by atoms with Crippen molar-refractivity contribution in [2.24, 2.45) is 0 Å². The molecular formula is C15H17N3O. The summed E-state index contributed by atoms with van der Waals surface area (Å²) in [6.07, 6.45) is 5.84. The van der Waals surface area contributed by atoms with Crippen LogP contribution in [0.5, 0.6) is 0 Å². The third kappa shape index (κ3) is 3.85.